The van der Waals surface area contributed by atoms with Gasteiger partial charge in [0, 0.05) is 31.4 Å². The minimum Gasteiger partial charge on any atom is -0.480 e. The molecule has 1 saturated heterocycles. The number of pyridine rings is 1. The van der Waals surface area contributed by atoms with E-state index in [4.69, 9.17) is 4.74 Å². The third-order valence-electron chi connectivity index (χ3n) is 8.06. The molecule has 0 spiro atoms. The molecule has 1 aromatic rings. The van der Waals surface area contributed by atoms with Crippen LogP contribution in [0.2, 0.25) is 0 Å². The normalized spacial score (nSPS) is 20.7. The van der Waals surface area contributed by atoms with Gasteiger partial charge in [0.15, 0.2) is 0 Å². The van der Waals surface area contributed by atoms with Crippen molar-refractivity contribution >= 4 is 35.8 Å². The van der Waals surface area contributed by atoms with E-state index in [1.54, 1.807) is 26.8 Å². The average Bonchev–Trinajstić information content (AvgIpc) is 3.38. The van der Waals surface area contributed by atoms with Crippen molar-refractivity contribution in [1.29, 1.82) is 0 Å². The number of alkyl carbamates (subject to hydrolysis) is 1. The lowest BCUT2D eigenvalue weighted by Crippen LogP contribution is -2.52. The smallest absolute Gasteiger partial charge is 0.407 e. The number of hydrogen-bond donors (Lipinski definition) is 5. The fourth-order valence-corrected chi connectivity index (χ4v) is 5.95. The standard InChI is InChI=1S/C31H45N5O9/c1-31(2,3)45-30(44)33-16-7-6-11-21(34-26(38)20-10-8-15-32-18-20)27(39)35-22(28(40)41)13-14-25(37)36-23-12-5-4-9-19(23)17-24(36)29(42)43/h8,10,15,18-19,21-24H,4-7,9,11-14,16-17H2,1-3H3,(H,33,44)(H,34,38)(H,35,39)(H,40,41)(H,42,43)/t19-,21-,22+,23-,24-/m0/s1. The van der Waals surface area contributed by atoms with Gasteiger partial charge in [-0.05, 0) is 83.8 Å². The molecule has 1 saturated carbocycles. The van der Waals surface area contributed by atoms with Gasteiger partial charge in [0.2, 0.25) is 11.8 Å². The number of likely N-dealkylation sites (tertiary alicyclic amines) is 1. The van der Waals surface area contributed by atoms with Crippen LogP contribution in [0.15, 0.2) is 24.5 Å². The van der Waals surface area contributed by atoms with Gasteiger partial charge in [-0.15, -0.1) is 0 Å². The Morgan fingerprint density at radius 2 is 1.76 bits per heavy atom. The molecule has 5 atom stereocenters. The first kappa shape index (κ1) is 35.3. The summed E-state index contributed by atoms with van der Waals surface area (Å²) < 4.78 is 5.20. The third-order valence-corrected chi connectivity index (χ3v) is 8.06. The van der Waals surface area contributed by atoms with E-state index in [1.165, 1.54) is 23.4 Å². The van der Waals surface area contributed by atoms with E-state index >= 15 is 0 Å². The molecule has 5 N–H and O–H groups in total. The number of fused-ring (bicyclic) bond motifs is 1. The molecule has 3 rings (SSSR count). The van der Waals surface area contributed by atoms with Gasteiger partial charge >= 0.3 is 18.0 Å². The molecule has 0 unspecified atom stereocenters. The monoisotopic (exact) mass is 631 g/mol. The van der Waals surface area contributed by atoms with Crippen molar-refractivity contribution < 1.29 is 43.7 Å². The maximum absolute atomic E-state index is 13.3. The van der Waals surface area contributed by atoms with E-state index in [1.807, 2.05) is 0 Å². The van der Waals surface area contributed by atoms with Crippen LogP contribution in [-0.4, -0.2) is 92.2 Å². The highest BCUT2D eigenvalue weighted by molar-refractivity contribution is 5.98. The zero-order chi connectivity index (χ0) is 33.1. The van der Waals surface area contributed by atoms with Crippen LogP contribution in [0.4, 0.5) is 4.79 Å². The van der Waals surface area contributed by atoms with Gasteiger partial charge in [-0.2, -0.15) is 0 Å². The lowest BCUT2D eigenvalue weighted by atomic mass is 9.84. The highest BCUT2D eigenvalue weighted by Crippen LogP contribution is 2.40. The fourth-order valence-electron chi connectivity index (χ4n) is 5.95. The molecule has 2 aliphatic rings. The Labute approximate surface area is 262 Å². The molecule has 0 bridgehead atoms. The first-order valence-corrected chi connectivity index (χ1v) is 15.5. The first-order chi connectivity index (χ1) is 21.3. The van der Waals surface area contributed by atoms with E-state index < -0.39 is 59.5 Å². The number of ether oxygens (including phenoxy) is 1. The molecule has 1 aromatic heterocycles. The van der Waals surface area contributed by atoms with Crippen LogP contribution in [0.25, 0.3) is 0 Å². The number of hydrogen-bond acceptors (Lipinski definition) is 8. The van der Waals surface area contributed by atoms with Crippen LogP contribution in [0.3, 0.4) is 0 Å². The van der Waals surface area contributed by atoms with Crippen molar-refractivity contribution in [2.45, 2.75) is 115 Å². The molecular weight excluding hydrogens is 586 g/mol. The van der Waals surface area contributed by atoms with E-state index in [-0.39, 0.29) is 43.3 Å². The maximum Gasteiger partial charge on any atom is 0.407 e. The summed E-state index contributed by atoms with van der Waals surface area (Å²) >= 11 is 0. The summed E-state index contributed by atoms with van der Waals surface area (Å²) in [7, 11) is 0. The van der Waals surface area contributed by atoms with Crippen molar-refractivity contribution in [2.24, 2.45) is 5.92 Å². The molecule has 14 heteroatoms. The summed E-state index contributed by atoms with van der Waals surface area (Å²) in [6.45, 7) is 5.49. The van der Waals surface area contributed by atoms with E-state index in [0.717, 1.165) is 19.3 Å². The van der Waals surface area contributed by atoms with Crippen molar-refractivity contribution in [2.75, 3.05) is 6.54 Å². The molecule has 4 amide bonds. The Kier molecular flexibility index (Phi) is 12.7. The number of unbranched alkanes of at least 4 members (excludes halogenated alkanes) is 1. The second kappa shape index (κ2) is 16.2. The Bertz CT molecular complexity index is 1220. The van der Waals surface area contributed by atoms with Crippen LogP contribution in [0.1, 0.15) is 95.3 Å². The molecule has 0 aromatic carbocycles. The van der Waals surface area contributed by atoms with Gasteiger partial charge < -0.3 is 35.8 Å². The van der Waals surface area contributed by atoms with Gasteiger partial charge in [-0.25, -0.2) is 14.4 Å². The summed E-state index contributed by atoms with van der Waals surface area (Å²) in [5.41, 5.74) is -0.443. The van der Waals surface area contributed by atoms with Gasteiger partial charge in [-0.3, -0.25) is 19.4 Å². The quantitative estimate of drug-likeness (QED) is 0.190. The summed E-state index contributed by atoms with van der Waals surface area (Å²) in [4.78, 5) is 80.6. The number of aromatic nitrogens is 1. The van der Waals surface area contributed by atoms with Crippen LogP contribution >= 0.6 is 0 Å². The number of carboxylic acids is 2. The largest absolute Gasteiger partial charge is 0.480 e. The summed E-state index contributed by atoms with van der Waals surface area (Å²) in [6.07, 6.45) is 6.56. The lowest BCUT2D eigenvalue weighted by molar-refractivity contribution is -0.150. The second-order valence-electron chi connectivity index (χ2n) is 12.6. The molecule has 14 nitrogen and oxygen atoms in total. The van der Waals surface area contributed by atoms with Gasteiger partial charge in [0.05, 0.1) is 5.56 Å². The Hall–Kier alpha value is -4.23. The number of nitrogens with one attached hydrogen (secondary N) is 3. The number of rotatable bonds is 14. The zero-order valence-electron chi connectivity index (χ0n) is 26.1. The van der Waals surface area contributed by atoms with Gasteiger partial charge in [0.25, 0.3) is 5.91 Å². The van der Waals surface area contributed by atoms with Crippen LogP contribution in [-0.2, 0) is 23.9 Å². The van der Waals surface area contributed by atoms with Crippen LogP contribution in [0, 0.1) is 5.92 Å². The molecule has 248 valence electrons. The predicted molar refractivity (Wildman–Crippen MR) is 161 cm³/mol. The first-order valence-electron chi connectivity index (χ1n) is 15.5. The van der Waals surface area contributed by atoms with Crippen molar-refractivity contribution in [1.82, 2.24) is 25.8 Å². The highest BCUT2D eigenvalue weighted by Gasteiger charge is 2.47. The lowest BCUT2D eigenvalue weighted by Gasteiger charge is -2.33. The topological polar surface area (TPSA) is 204 Å². The van der Waals surface area contributed by atoms with E-state index in [2.05, 4.69) is 20.9 Å². The molecular formula is C31H45N5O9. The molecule has 2 fully saturated rings. The average molecular weight is 632 g/mol. The molecule has 2 heterocycles. The van der Waals surface area contributed by atoms with Gasteiger partial charge in [0.1, 0.15) is 23.7 Å². The molecule has 45 heavy (non-hydrogen) atoms. The fraction of sp³-hybridized carbons (Fsp3) is 0.645. The van der Waals surface area contributed by atoms with Crippen molar-refractivity contribution in [3.05, 3.63) is 30.1 Å². The molecule has 1 aliphatic heterocycles. The number of carbonyl (C=O) groups excluding carboxylic acids is 4. The van der Waals surface area contributed by atoms with Crippen molar-refractivity contribution in [3.63, 3.8) is 0 Å². The Morgan fingerprint density at radius 1 is 1.02 bits per heavy atom. The second-order valence-corrected chi connectivity index (χ2v) is 12.6. The maximum atomic E-state index is 13.3. The summed E-state index contributed by atoms with van der Waals surface area (Å²) in [5.74, 6) is -4.09. The number of nitrogens with zero attached hydrogens (tertiary/aromatic N) is 2. The predicted octanol–water partition coefficient (Wildman–Crippen LogP) is 2.47. The summed E-state index contributed by atoms with van der Waals surface area (Å²) in [5, 5.41) is 27.3. The number of carboxylic acid groups (broad SMARTS) is 2. The minimum absolute atomic E-state index is 0.113. The van der Waals surface area contributed by atoms with Crippen LogP contribution in [0.5, 0.6) is 0 Å². The zero-order valence-corrected chi connectivity index (χ0v) is 26.1. The van der Waals surface area contributed by atoms with Crippen LogP contribution < -0.4 is 16.0 Å². The van der Waals surface area contributed by atoms with E-state index in [0.29, 0.717) is 25.7 Å². The van der Waals surface area contributed by atoms with E-state index in [9.17, 15) is 39.0 Å². The van der Waals surface area contributed by atoms with Gasteiger partial charge in [-0.1, -0.05) is 12.8 Å². The van der Waals surface area contributed by atoms with Crippen molar-refractivity contribution in [3.8, 4) is 0 Å². The SMILES string of the molecule is CC(C)(C)OC(=O)NCCCC[C@H](NC(=O)c1cccnc1)C(=O)N[C@H](CCC(=O)N1[C@H](C(=O)O)C[C@@H]2CCCC[C@@H]21)C(=O)O. The highest BCUT2D eigenvalue weighted by atomic mass is 16.6. The number of amides is 4. The molecule has 0 radical (unpaired) electrons. The third kappa shape index (κ3) is 10.7. The summed E-state index contributed by atoms with van der Waals surface area (Å²) in [6, 6.07) is -0.597. The Balaban J connectivity index is 1.61. The molecule has 1 aliphatic carbocycles. The minimum atomic E-state index is -1.44. The Morgan fingerprint density at radius 3 is 2.40 bits per heavy atom. The number of carbonyl (C=O) groups is 6. The number of aliphatic carboxylic acids is 2.